The molecule has 1 aromatic carbocycles. The highest BCUT2D eigenvalue weighted by atomic mass is 79.9. The molecular formula is C12H15BrN2O. The average molecular weight is 283 g/mol. The summed E-state index contributed by atoms with van der Waals surface area (Å²) in [5, 5.41) is 6.16. The van der Waals surface area contributed by atoms with Gasteiger partial charge in [0.15, 0.2) is 0 Å². The van der Waals surface area contributed by atoms with Gasteiger partial charge >= 0.3 is 0 Å². The molecule has 0 fully saturated rings. The van der Waals surface area contributed by atoms with Crippen LogP contribution in [0.3, 0.4) is 0 Å². The van der Waals surface area contributed by atoms with Gasteiger partial charge in [-0.1, -0.05) is 35.8 Å². The van der Waals surface area contributed by atoms with E-state index in [0.717, 1.165) is 22.3 Å². The number of anilines is 1. The lowest BCUT2D eigenvalue weighted by molar-refractivity contribution is -0.117. The number of rotatable bonds is 3. The molecule has 2 N–H and O–H groups in total. The number of carbonyl (C=O) groups excluding carboxylic acids is 1. The first-order valence-electron chi connectivity index (χ1n) is 5.41. The van der Waals surface area contributed by atoms with E-state index in [1.54, 1.807) is 0 Å². The van der Waals surface area contributed by atoms with E-state index >= 15 is 0 Å². The number of fused-ring (bicyclic) bond motifs is 1. The molecule has 1 aliphatic rings. The summed E-state index contributed by atoms with van der Waals surface area (Å²) in [5.41, 5.74) is 1.94. The van der Waals surface area contributed by atoms with E-state index in [1.165, 1.54) is 0 Å². The van der Waals surface area contributed by atoms with Crippen LogP contribution in [-0.4, -0.2) is 12.5 Å². The number of carbonyl (C=O) groups is 1. The summed E-state index contributed by atoms with van der Waals surface area (Å²) in [5.74, 6) is 0.570. The zero-order chi connectivity index (χ0) is 11.7. The fourth-order valence-electron chi connectivity index (χ4n) is 1.79. The summed E-state index contributed by atoms with van der Waals surface area (Å²) < 4.78 is 0.982. The van der Waals surface area contributed by atoms with Crippen molar-refractivity contribution in [1.29, 1.82) is 0 Å². The van der Waals surface area contributed by atoms with E-state index < -0.39 is 0 Å². The van der Waals surface area contributed by atoms with Crippen LogP contribution in [0.1, 0.15) is 25.5 Å². The van der Waals surface area contributed by atoms with Gasteiger partial charge in [-0.15, -0.1) is 0 Å². The molecule has 1 aromatic rings. The van der Waals surface area contributed by atoms with Crippen LogP contribution in [0.25, 0.3) is 0 Å². The molecule has 86 valence electrons. The van der Waals surface area contributed by atoms with E-state index in [1.807, 2.05) is 18.2 Å². The number of nitrogens with one attached hydrogen (secondary N) is 2. The SMILES string of the molecule is CC(C)CNC1C(=O)Nc2cc(Br)ccc21. The molecular weight excluding hydrogens is 268 g/mol. The second kappa shape index (κ2) is 4.55. The van der Waals surface area contributed by atoms with Gasteiger partial charge in [0.2, 0.25) is 5.91 Å². The Labute approximate surface area is 104 Å². The highest BCUT2D eigenvalue weighted by Gasteiger charge is 2.29. The molecule has 0 radical (unpaired) electrons. The number of hydrogen-bond donors (Lipinski definition) is 2. The van der Waals surface area contributed by atoms with Crippen LogP contribution >= 0.6 is 15.9 Å². The predicted molar refractivity (Wildman–Crippen MR) is 68.4 cm³/mol. The first-order chi connectivity index (χ1) is 7.58. The fourth-order valence-corrected chi connectivity index (χ4v) is 2.15. The molecule has 1 heterocycles. The lowest BCUT2D eigenvalue weighted by Crippen LogP contribution is -2.30. The van der Waals surface area contributed by atoms with Gasteiger partial charge in [0.05, 0.1) is 0 Å². The van der Waals surface area contributed by atoms with Gasteiger partial charge in [0.1, 0.15) is 6.04 Å². The van der Waals surface area contributed by atoms with Crippen LogP contribution in [0.15, 0.2) is 22.7 Å². The quantitative estimate of drug-likeness (QED) is 0.895. The highest BCUT2D eigenvalue weighted by molar-refractivity contribution is 9.10. The zero-order valence-electron chi connectivity index (χ0n) is 9.38. The molecule has 4 heteroatoms. The summed E-state index contributed by atoms with van der Waals surface area (Å²) in [6, 6.07) is 5.67. The number of amides is 1. The Hall–Kier alpha value is -0.870. The van der Waals surface area contributed by atoms with E-state index in [4.69, 9.17) is 0 Å². The van der Waals surface area contributed by atoms with Gasteiger partial charge in [0, 0.05) is 15.7 Å². The Kier molecular flexibility index (Phi) is 3.30. The second-order valence-electron chi connectivity index (χ2n) is 4.46. The molecule has 0 saturated heterocycles. The minimum Gasteiger partial charge on any atom is -0.324 e. The first kappa shape index (κ1) is 11.6. The van der Waals surface area contributed by atoms with Gasteiger partial charge in [-0.25, -0.2) is 0 Å². The highest BCUT2D eigenvalue weighted by Crippen LogP contribution is 2.32. The maximum Gasteiger partial charge on any atom is 0.246 e. The largest absolute Gasteiger partial charge is 0.324 e. The first-order valence-corrected chi connectivity index (χ1v) is 6.21. The van der Waals surface area contributed by atoms with Crippen LogP contribution in [0.4, 0.5) is 5.69 Å². The maximum absolute atomic E-state index is 11.8. The molecule has 0 spiro atoms. The zero-order valence-corrected chi connectivity index (χ0v) is 11.0. The van der Waals surface area contributed by atoms with Crippen molar-refractivity contribution in [3.05, 3.63) is 28.2 Å². The topological polar surface area (TPSA) is 41.1 Å². The van der Waals surface area contributed by atoms with E-state index in [0.29, 0.717) is 5.92 Å². The molecule has 2 rings (SSSR count). The van der Waals surface area contributed by atoms with Crippen LogP contribution in [0.5, 0.6) is 0 Å². The third kappa shape index (κ3) is 2.28. The van der Waals surface area contributed by atoms with Gasteiger partial charge in [-0.3, -0.25) is 4.79 Å². The normalized spacial score (nSPS) is 18.8. The predicted octanol–water partition coefficient (Wildman–Crippen LogP) is 2.69. The maximum atomic E-state index is 11.8. The molecule has 1 unspecified atom stereocenters. The van der Waals surface area contributed by atoms with Gasteiger partial charge in [-0.2, -0.15) is 0 Å². The monoisotopic (exact) mass is 282 g/mol. The fraction of sp³-hybridized carbons (Fsp3) is 0.417. The third-order valence-corrected chi connectivity index (χ3v) is 3.07. The van der Waals surface area contributed by atoms with Crippen LogP contribution < -0.4 is 10.6 Å². The smallest absolute Gasteiger partial charge is 0.246 e. The lowest BCUT2D eigenvalue weighted by atomic mass is 10.1. The molecule has 16 heavy (non-hydrogen) atoms. The Balaban J connectivity index is 2.19. The minimum absolute atomic E-state index is 0.0359. The second-order valence-corrected chi connectivity index (χ2v) is 5.37. The van der Waals surface area contributed by atoms with Gasteiger partial charge < -0.3 is 10.6 Å². The number of hydrogen-bond acceptors (Lipinski definition) is 2. The Morgan fingerprint density at radius 2 is 2.25 bits per heavy atom. The van der Waals surface area contributed by atoms with Crippen molar-refractivity contribution in [1.82, 2.24) is 5.32 Å². The summed E-state index contributed by atoms with van der Waals surface area (Å²) in [7, 11) is 0. The molecule has 3 nitrogen and oxygen atoms in total. The third-order valence-electron chi connectivity index (χ3n) is 2.58. The molecule has 0 aliphatic carbocycles. The van der Waals surface area contributed by atoms with Gasteiger partial charge in [-0.05, 0) is 24.6 Å². The molecule has 1 aliphatic heterocycles. The summed E-state index contributed by atoms with van der Waals surface area (Å²) in [6.45, 7) is 5.10. The summed E-state index contributed by atoms with van der Waals surface area (Å²) >= 11 is 3.40. The van der Waals surface area contributed by atoms with E-state index in [-0.39, 0.29) is 11.9 Å². The van der Waals surface area contributed by atoms with Crippen molar-refractivity contribution < 1.29 is 4.79 Å². The van der Waals surface area contributed by atoms with E-state index in [2.05, 4.69) is 40.4 Å². The summed E-state index contributed by atoms with van der Waals surface area (Å²) in [6.07, 6.45) is 0. The van der Waals surface area contributed by atoms with Crippen molar-refractivity contribution in [3.63, 3.8) is 0 Å². The lowest BCUT2D eigenvalue weighted by Gasteiger charge is -2.13. The van der Waals surface area contributed by atoms with Crippen molar-refractivity contribution >= 4 is 27.5 Å². The molecule has 1 amide bonds. The number of halogens is 1. The Morgan fingerprint density at radius 3 is 2.94 bits per heavy atom. The van der Waals surface area contributed by atoms with Crippen molar-refractivity contribution in [3.8, 4) is 0 Å². The van der Waals surface area contributed by atoms with Crippen molar-refractivity contribution in [2.75, 3.05) is 11.9 Å². The molecule has 0 aromatic heterocycles. The standard InChI is InChI=1S/C12H15BrN2O/c1-7(2)6-14-11-9-4-3-8(13)5-10(9)15-12(11)16/h3-5,7,11,14H,6H2,1-2H3,(H,15,16). The Bertz CT molecular complexity index is 417. The molecule has 0 saturated carbocycles. The van der Waals surface area contributed by atoms with Crippen LogP contribution in [-0.2, 0) is 4.79 Å². The summed E-state index contributed by atoms with van der Waals surface area (Å²) in [4.78, 5) is 11.8. The van der Waals surface area contributed by atoms with Gasteiger partial charge in [0.25, 0.3) is 0 Å². The van der Waals surface area contributed by atoms with Crippen molar-refractivity contribution in [2.24, 2.45) is 5.92 Å². The van der Waals surface area contributed by atoms with Crippen LogP contribution in [0, 0.1) is 5.92 Å². The number of benzene rings is 1. The minimum atomic E-state index is -0.203. The van der Waals surface area contributed by atoms with Crippen LogP contribution in [0.2, 0.25) is 0 Å². The molecule has 0 bridgehead atoms. The van der Waals surface area contributed by atoms with Crippen molar-refractivity contribution in [2.45, 2.75) is 19.9 Å². The van der Waals surface area contributed by atoms with E-state index in [9.17, 15) is 4.79 Å². The molecule has 1 atom stereocenters. The Morgan fingerprint density at radius 1 is 1.50 bits per heavy atom. The average Bonchev–Trinajstić information content (AvgIpc) is 2.50.